The molecule has 0 aliphatic heterocycles. The van der Waals surface area contributed by atoms with Crippen LogP contribution in [-0.4, -0.2) is 23.5 Å². The number of nitrogens with zero attached hydrogens (tertiary/aromatic N) is 1. The summed E-state index contributed by atoms with van der Waals surface area (Å²) in [5.74, 6) is 0. The van der Waals surface area contributed by atoms with Crippen LogP contribution in [0.5, 0.6) is 0 Å². The van der Waals surface area contributed by atoms with Crippen LogP contribution in [-0.2, 0) is 4.57 Å². The summed E-state index contributed by atoms with van der Waals surface area (Å²) in [7, 11) is -5.39. The van der Waals surface area contributed by atoms with Gasteiger partial charge in [-0.2, -0.15) is 7.82 Å². The van der Waals surface area contributed by atoms with Crippen LogP contribution in [0.3, 0.4) is 0 Å². The maximum atomic E-state index is 8.55. The van der Waals surface area contributed by atoms with E-state index in [0.29, 0.717) is 12.1 Å². The monoisotopic (exact) mass is 341 g/mol. The van der Waals surface area contributed by atoms with Gasteiger partial charge in [-0.15, -0.1) is 0 Å². The van der Waals surface area contributed by atoms with Crippen LogP contribution >= 0.6 is 7.82 Å². The minimum Gasteiger partial charge on any atom is -0.822 e. The molecule has 0 aliphatic rings. The fourth-order valence-electron chi connectivity index (χ4n) is 1.33. The third-order valence-electron chi connectivity index (χ3n) is 1.69. The van der Waals surface area contributed by atoms with Crippen molar-refractivity contribution in [3.05, 3.63) is 0 Å². The maximum Gasteiger partial charge on any atom is 1.00 e. The summed E-state index contributed by atoms with van der Waals surface area (Å²) >= 11 is 0. The third-order valence-corrected chi connectivity index (χ3v) is 1.69. The fraction of sp³-hybridized carbons (Fsp3) is 1.00. The molecular weight excluding hydrogens is 322 g/mol. The van der Waals surface area contributed by atoms with Gasteiger partial charge in [0.15, 0.2) is 0 Å². The fourth-order valence-corrected chi connectivity index (χ4v) is 1.33. The molecule has 0 radical (unpaired) electrons. The predicted molar refractivity (Wildman–Crippen MR) is 50.3 cm³/mol. The first kappa shape index (κ1) is 33.6. The van der Waals surface area contributed by atoms with E-state index in [1.54, 1.807) is 0 Å². The van der Waals surface area contributed by atoms with E-state index < -0.39 is 7.82 Å². The van der Waals surface area contributed by atoms with Crippen molar-refractivity contribution >= 4 is 7.82 Å². The van der Waals surface area contributed by atoms with Gasteiger partial charge in [-0.3, -0.25) is 4.90 Å². The molecule has 0 amide bonds. The van der Waals surface area contributed by atoms with E-state index in [4.69, 9.17) is 19.2 Å². The topological polar surface area (TPSA) is 89.5 Å². The molecule has 0 heterocycles. The van der Waals surface area contributed by atoms with Gasteiger partial charge in [0, 0.05) is 12.1 Å². The smallest absolute Gasteiger partial charge is 0.822 e. The van der Waals surface area contributed by atoms with Crippen molar-refractivity contribution < 1.29 is 173 Å². The van der Waals surface area contributed by atoms with Crippen LogP contribution < -0.4 is 169 Å². The summed E-state index contributed by atoms with van der Waals surface area (Å²) in [6, 6.07) is 1.38. The Bertz CT molecular complexity index is 173. The van der Waals surface area contributed by atoms with Crippen LogP contribution in [0.4, 0.5) is 0 Å². The molecule has 0 bridgehead atoms. The molecule has 0 aromatic carbocycles. The normalized spacial score (nSPS) is 9.82. The SMILES string of the molecule is CCN(C(C)C)C(C)C.O=P([O-])([O-])[O-].[K+].[K+].[K+]. The van der Waals surface area contributed by atoms with Crippen LogP contribution in [0.15, 0.2) is 0 Å². The predicted octanol–water partition coefficient (Wildman–Crippen LogP) is -9.69. The first-order valence-electron chi connectivity index (χ1n) is 4.58. The molecule has 0 atom stereocenters. The van der Waals surface area contributed by atoms with Gasteiger partial charge in [0.1, 0.15) is 0 Å². The molecule has 0 rings (SSSR count). The molecule has 9 heteroatoms. The first-order valence-corrected chi connectivity index (χ1v) is 6.04. The molecule has 17 heavy (non-hydrogen) atoms. The molecule has 0 aliphatic carbocycles. The summed E-state index contributed by atoms with van der Waals surface area (Å²) in [6.45, 7) is 12.3. The van der Waals surface area contributed by atoms with E-state index >= 15 is 0 Å². The zero-order chi connectivity index (χ0) is 11.9. The van der Waals surface area contributed by atoms with E-state index in [-0.39, 0.29) is 154 Å². The largest absolute Gasteiger partial charge is 1.00 e. The molecular formula is C8H19K3NO4P. The average Bonchev–Trinajstić information content (AvgIpc) is 1.81. The summed E-state index contributed by atoms with van der Waals surface area (Å²) < 4.78 is 8.55. The van der Waals surface area contributed by atoms with E-state index in [9.17, 15) is 0 Å². The molecule has 88 valence electrons. The first-order chi connectivity index (χ1) is 6.09. The van der Waals surface area contributed by atoms with Gasteiger partial charge < -0.3 is 19.2 Å². The quantitative estimate of drug-likeness (QED) is 0.376. The molecule has 0 aromatic heterocycles. The zero-order valence-corrected chi connectivity index (χ0v) is 22.7. The van der Waals surface area contributed by atoms with Crippen LogP contribution in [0.2, 0.25) is 0 Å². The Morgan fingerprint density at radius 3 is 1.12 bits per heavy atom. The minimum atomic E-state index is -5.39. The Hall–Kier alpha value is 4.98. The Balaban J connectivity index is -0.0000000533. The van der Waals surface area contributed by atoms with Crippen molar-refractivity contribution in [1.29, 1.82) is 0 Å². The number of phosphoric acid groups is 1. The van der Waals surface area contributed by atoms with Gasteiger partial charge in [-0.1, -0.05) is 6.92 Å². The standard InChI is InChI=1S/C8H19N.3K.H3O4P/c1-6-9(7(2)3)8(4)5;;;;1-5(2,3)4/h7-8H,6H2,1-5H3;;;;(H3,1,2,3,4)/q;3*+1;/p-3. The molecule has 0 saturated heterocycles. The summed E-state index contributed by atoms with van der Waals surface area (Å²) in [5, 5.41) is 0. The van der Waals surface area contributed by atoms with Crippen molar-refractivity contribution in [3.63, 3.8) is 0 Å². The molecule has 0 spiro atoms. The van der Waals surface area contributed by atoms with Crippen molar-refractivity contribution in [2.75, 3.05) is 6.54 Å². The number of rotatable bonds is 3. The van der Waals surface area contributed by atoms with Crippen molar-refractivity contribution in [3.8, 4) is 0 Å². The van der Waals surface area contributed by atoms with Gasteiger partial charge in [-0.05, 0) is 34.2 Å². The summed E-state index contributed by atoms with van der Waals surface area (Å²) in [6.07, 6.45) is 0. The van der Waals surface area contributed by atoms with Gasteiger partial charge in [0.2, 0.25) is 0 Å². The van der Waals surface area contributed by atoms with Gasteiger partial charge in [0.25, 0.3) is 0 Å². The molecule has 0 aromatic rings. The van der Waals surface area contributed by atoms with Crippen molar-refractivity contribution in [2.45, 2.75) is 46.7 Å². The molecule has 0 saturated carbocycles. The van der Waals surface area contributed by atoms with Gasteiger partial charge in [0.05, 0.1) is 0 Å². The van der Waals surface area contributed by atoms with Crippen LogP contribution in [0.1, 0.15) is 34.6 Å². The zero-order valence-electron chi connectivity index (χ0n) is 12.4. The van der Waals surface area contributed by atoms with E-state index in [2.05, 4.69) is 39.5 Å². The Morgan fingerprint density at radius 2 is 1.12 bits per heavy atom. The van der Waals surface area contributed by atoms with Gasteiger partial charge >= 0.3 is 154 Å². The summed E-state index contributed by atoms with van der Waals surface area (Å²) in [5.41, 5.74) is 0. The number of hydrogen-bond acceptors (Lipinski definition) is 5. The number of hydrogen-bond donors (Lipinski definition) is 0. The van der Waals surface area contributed by atoms with E-state index in [1.165, 1.54) is 0 Å². The molecule has 0 unspecified atom stereocenters. The van der Waals surface area contributed by atoms with Crippen LogP contribution in [0, 0.1) is 0 Å². The van der Waals surface area contributed by atoms with Gasteiger partial charge in [-0.25, -0.2) is 0 Å². The minimum absolute atomic E-state index is 0. The van der Waals surface area contributed by atoms with Crippen LogP contribution in [0.25, 0.3) is 0 Å². The second-order valence-electron chi connectivity index (χ2n) is 3.47. The Labute approximate surface area is 233 Å². The second kappa shape index (κ2) is 19.0. The van der Waals surface area contributed by atoms with E-state index in [0.717, 1.165) is 6.54 Å². The Morgan fingerprint density at radius 1 is 0.941 bits per heavy atom. The van der Waals surface area contributed by atoms with Crippen molar-refractivity contribution in [2.24, 2.45) is 0 Å². The second-order valence-corrected chi connectivity index (χ2v) is 4.36. The van der Waals surface area contributed by atoms with Crippen molar-refractivity contribution in [1.82, 2.24) is 4.90 Å². The Kier molecular flexibility index (Phi) is 37.6. The maximum absolute atomic E-state index is 8.55. The molecule has 0 N–H and O–H groups in total. The molecule has 5 nitrogen and oxygen atoms in total. The van der Waals surface area contributed by atoms with E-state index in [1.807, 2.05) is 0 Å². The molecule has 0 fully saturated rings. The summed E-state index contributed by atoms with van der Waals surface area (Å²) in [4.78, 5) is 28.1. The average molecular weight is 342 g/mol. The third kappa shape index (κ3) is 33.7.